The topological polar surface area (TPSA) is 9.23 Å². The van der Waals surface area contributed by atoms with Crippen molar-refractivity contribution in [1.82, 2.24) is 0 Å². The Morgan fingerprint density at radius 2 is 2.33 bits per heavy atom. The van der Waals surface area contributed by atoms with Gasteiger partial charge in [0.2, 0.25) is 0 Å². The van der Waals surface area contributed by atoms with Crippen LogP contribution in [0.25, 0.3) is 0 Å². The van der Waals surface area contributed by atoms with Gasteiger partial charge in [-0.25, -0.2) is 0 Å². The molecule has 12 heavy (non-hydrogen) atoms. The molecule has 0 N–H and O–H groups in total. The third kappa shape index (κ3) is 3.33. The maximum Gasteiger partial charge on any atom is 0.0607 e. The van der Waals surface area contributed by atoms with Crippen LogP contribution >= 0.6 is 27.5 Å². The van der Waals surface area contributed by atoms with E-state index < -0.39 is 0 Å². The standard InChI is InChI=1S/C8H7BrClO.Y/c1-11-8-3-2-7(10)4-6(8)5-9;/h3-4H,5H2,1H3;/q-1;. The smallest absolute Gasteiger partial charge is 0.0607 e. The summed E-state index contributed by atoms with van der Waals surface area (Å²) in [7, 11) is 1.63. The van der Waals surface area contributed by atoms with Crippen LogP contribution in [-0.2, 0) is 38.0 Å². The summed E-state index contributed by atoms with van der Waals surface area (Å²) < 4.78 is 5.07. The van der Waals surface area contributed by atoms with Gasteiger partial charge >= 0.3 is 0 Å². The van der Waals surface area contributed by atoms with Gasteiger partial charge in [-0.1, -0.05) is 21.0 Å². The van der Waals surface area contributed by atoms with Crippen LogP contribution in [0.5, 0.6) is 5.75 Å². The van der Waals surface area contributed by atoms with E-state index >= 15 is 0 Å². The zero-order chi connectivity index (χ0) is 8.27. The Hall–Kier alpha value is 0.894. The number of hydrogen-bond donors (Lipinski definition) is 0. The van der Waals surface area contributed by atoms with Gasteiger partial charge in [-0.2, -0.15) is 6.07 Å². The van der Waals surface area contributed by atoms with Crippen LogP contribution in [0.2, 0.25) is 5.02 Å². The number of methoxy groups -OCH3 is 1. The molecule has 0 unspecified atom stereocenters. The summed E-state index contributed by atoms with van der Waals surface area (Å²) in [6.07, 6.45) is 0. The second-order valence-electron chi connectivity index (χ2n) is 2.01. The maximum atomic E-state index is 5.72. The third-order valence-electron chi connectivity index (χ3n) is 1.32. The molecule has 0 heterocycles. The molecule has 63 valence electrons. The SMILES string of the molecule is COc1c[c-]c(Cl)cc1CBr.[Y]. The molecule has 0 saturated heterocycles. The average Bonchev–Trinajstić information content (AvgIpc) is 2.04. The molecule has 4 heteroatoms. The number of halogens is 2. The van der Waals surface area contributed by atoms with E-state index in [1.165, 1.54) is 0 Å². The second-order valence-corrected chi connectivity index (χ2v) is 2.98. The van der Waals surface area contributed by atoms with E-state index in [-0.39, 0.29) is 32.7 Å². The van der Waals surface area contributed by atoms with Gasteiger partial charge in [-0.05, 0) is 0 Å². The molecule has 0 aliphatic carbocycles. The molecular weight excluding hydrogens is 316 g/mol. The summed E-state index contributed by atoms with van der Waals surface area (Å²) in [5.41, 5.74) is 1.04. The molecule has 1 rings (SSSR count). The summed E-state index contributed by atoms with van der Waals surface area (Å²) in [6, 6.07) is 6.41. The van der Waals surface area contributed by atoms with Gasteiger partial charge in [0.25, 0.3) is 0 Å². The molecule has 1 radical (unpaired) electrons. The van der Waals surface area contributed by atoms with Crippen molar-refractivity contribution in [3.8, 4) is 5.75 Å². The molecule has 0 amide bonds. The van der Waals surface area contributed by atoms with Crippen LogP contribution in [0.15, 0.2) is 12.1 Å². The van der Waals surface area contributed by atoms with E-state index in [1.54, 1.807) is 13.2 Å². The second kappa shape index (κ2) is 6.36. The third-order valence-corrected chi connectivity index (χ3v) is 2.14. The molecule has 0 aliphatic rings. The number of ether oxygens (including phenoxy) is 1. The molecule has 1 nitrogen and oxygen atoms in total. The molecule has 0 aromatic heterocycles. The minimum absolute atomic E-state index is 0. The monoisotopic (exact) mass is 322 g/mol. The fourth-order valence-electron chi connectivity index (χ4n) is 0.787. The summed E-state index contributed by atoms with van der Waals surface area (Å²) in [5, 5.41) is 1.35. The summed E-state index contributed by atoms with van der Waals surface area (Å²) in [4.78, 5) is 0. The van der Waals surface area contributed by atoms with Crippen molar-refractivity contribution in [2.75, 3.05) is 7.11 Å². The maximum absolute atomic E-state index is 5.72. The molecule has 1 aromatic rings. The summed E-state index contributed by atoms with van der Waals surface area (Å²) in [6.45, 7) is 0. The normalized spacial score (nSPS) is 8.92. The van der Waals surface area contributed by atoms with Crippen LogP contribution in [0.3, 0.4) is 0 Å². The number of alkyl halides is 1. The molecule has 1 aromatic carbocycles. The Kier molecular flexibility index (Phi) is 6.84. The minimum atomic E-state index is 0. The van der Waals surface area contributed by atoms with Crippen molar-refractivity contribution >= 4 is 27.5 Å². The molecule has 0 bridgehead atoms. The molecule has 0 aliphatic heterocycles. The van der Waals surface area contributed by atoms with Gasteiger partial charge in [0, 0.05) is 43.8 Å². The molecule has 0 saturated carbocycles. The first kappa shape index (κ1) is 12.9. The predicted octanol–water partition coefficient (Wildman–Crippen LogP) is 3.04. The first-order valence-corrected chi connectivity index (χ1v) is 4.58. The van der Waals surface area contributed by atoms with Crippen molar-refractivity contribution in [3.63, 3.8) is 0 Å². The quantitative estimate of drug-likeness (QED) is 0.600. The fraction of sp³-hybridized carbons (Fsp3) is 0.250. The zero-order valence-electron chi connectivity index (χ0n) is 6.60. The van der Waals surface area contributed by atoms with Crippen molar-refractivity contribution in [2.45, 2.75) is 5.33 Å². The van der Waals surface area contributed by atoms with Crippen molar-refractivity contribution in [2.24, 2.45) is 0 Å². The van der Waals surface area contributed by atoms with Crippen molar-refractivity contribution in [3.05, 3.63) is 28.8 Å². The largest absolute Gasteiger partial charge is 0.554 e. The van der Waals surface area contributed by atoms with E-state index in [4.69, 9.17) is 16.3 Å². The van der Waals surface area contributed by atoms with E-state index in [0.29, 0.717) is 5.02 Å². The Morgan fingerprint density at radius 1 is 1.67 bits per heavy atom. The first-order valence-electron chi connectivity index (χ1n) is 3.08. The fourth-order valence-corrected chi connectivity index (χ4v) is 1.41. The Bertz CT molecular complexity index is 255. The molecular formula is C8H7BrClOY-. The zero-order valence-corrected chi connectivity index (χ0v) is 11.8. The van der Waals surface area contributed by atoms with E-state index in [9.17, 15) is 0 Å². The molecule has 0 atom stereocenters. The summed E-state index contributed by atoms with van der Waals surface area (Å²) >= 11 is 9.05. The van der Waals surface area contributed by atoms with Gasteiger partial charge in [0.1, 0.15) is 0 Å². The van der Waals surface area contributed by atoms with Crippen LogP contribution in [0.4, 0.5) is 0 Å². The Morgan fingerprint density at radius 3 is 2.83 bits per heavy atom. The number of rotatable bonds is 2. The Labute approximate surface area is 111 Å². The number of benzene rings is 1. The number of hydrogen-bond acceptors (Lipinski definition) is 1. The predicted molar refractivity (Wildman–Crippen MR) is 49.5 cm³/mol. The van der Waals surface area contributed by atoms with E-state index in [2.05, 4.69) is 22.0 Å². The van der Waals surface area contributed by atoms with Crippen LogP contribution in [-0.4, -0.2) is 7.11 Å². The molecule has 0 fully saturated rings. The van der Waals surface area contributed by atoms with Crippen LogP contribution < -0.4 is 4.74 Å². The van der Waals surface area contributed by atoms with Crippen molar-refractivity contribution < 1.29 is 37.4 Å². The van der Waals surface area contributed by atoms with Gasteiger partial charge in [-0.15, -0.1) is 29.3 Å². The van der Waals surface area contributed by atoms with E-state index in [0.717, 1.165) is 16.6 Å². The van der Waals surface area contributed by atoms with Gasteiger partial charge < -0.3 is 4.74 Å². The van der Waals surface area contributed by atoms with Crippen LogP contribution in [0.1, 0.15) is 5.56 Å². The van der Waals surface area contributed by atoms with Crippen molar-refractivity contribution in [1.29, 1.82) is 0 Å². The summed E-state index contributed by atoms with van der Waals surface area (Å²) in [5.74, 6) is 0.811. The van der Waals surface area contributed by atoms with Gasteiger partial charge in [0.05, 0.1) is 7.11 Å². The first-order chi connectivity index (χ1) is 5.27. The van der Waals surface area contributed by atoms with Gasteiger partial charge in [-0.3, -0.25) is 0 Å². The van der Waals surface area contributed by atoms with E-state index in [1.807, 2.05) is 6.07 Å². The minimum Gasteiger partial charge on any atom is -0.554 e. The van der Waals surface area contributed by atoms with Crippen LogP contribution in [0, 0.1) is 6.07 Å². The molecule has 0 spiro atoms. The average molecular weight is 323 g/mol. The Balaban J connectivity index is 0.00000121. The van der Waals surface area contributed by atoms with Gasteiger partial charge in [0.15, 0.2) is 0 Å².